The maximum absolute atomic E-state index is 13.5. The molecule has 2 aromatic heterocycles. The molecule has 0 unspecified atom stereocenters. The number of aromatic nitrogens is 5. The van der Waals surface area contributed by atoms with Crippen molar-refractivity contribution >= 4 is 21.8 Å². The molecule has 0 bridgehead atoms. The Labute approximate surface area is 219 Å². The van der Waals surface area contributed by atoms with E-state index in [9.17, 15) is 18.0 Å². The van der Waals surface area contributed by atoms with Gasteiger partial charge in [0, 0.05) is 32.1 Å². The first-order chi connectivity index (χ1) is 18.3. The first-order valence-electron chi connectivity index (χ1n) is 12.9. The molecule has 3 heterocycles. The number of piperazine rings is 1. The Bertz CT molecular complexity index is 1490. The number of fused-ring (bicyclic) bond motifs is 1. The fraction of sp³-hybridized carbons (Fsp3) is 0.542. The number of rotatable bonds is 7. The average molecular weight is 546 g/mol. The molecule has 5 rings (SSSR count). The van der Waals surface area contributed by atoms with Crippen molar-refractivity contribution in [3.63, 3.8) is 0 Å². The molecular weight excluding hydrogens is 514 g/mol. The van der Waals surface area contributed by atoms with E-state index in [0.29, 0.717) is 23.7 Å². The second kappa shape index (κ2) is 10.7. The molecule has 0 atom stereocenters. The maximum atomic E-state index is 13.5. The first kappa shape index (κ1) is 26.1. The Balaban J connectivity index is 1.50. The fourth-order valence-electron chi connectivity index (χ4n) is 4.99. The van der Waals surface area contributed by atoms with Crippen LogP contribution in [0.1, 0.15) is 51.3 Å². The summed E-state index contributed by atoms with van der Waals surface area (Å²) in [5, 5.41) is 12.9. The van der Waals surface area contributed by atoms with Crippen LogP contribution < -0.4 is 10.3 Å². The predicted molar refractivity (Wildman–Crippen MR) is 137 cm³/mol. The number of hydrogen-bond donors (Lipinski definition) is 1. The van der Waals surface area contributed by atoms with E-state index in [-0.39, 0.29) is 55.1 Å². The summed E-state index contributed by atoms with van der Waals surface area (Å²) < 4.78 is 40.7. The van der Waals surface area contributed by atoms with Gasteiger partial charge in [-0.05, 0) is 44.9 Å². The number of sulfonamides is 1. The maximum Gasteiger partial charge on any atom is 0.409 e. The van der Waals surface area contributed by atoms with E-state index < -0.39 is 21.7 Å². The van der Waals surface area contributed by atoms with Gasteiger partial charge >= 0.3 is 6.09 Å². The molecule has 1 aliphatic heterocycles. The lowest BCUT2D eigenvalue weighted by Crippen LogP contribution is -2.50. The van der Waals surface area contributed by atoms with Gasteiger partial charge in [-0.25, -0.2) is 13.2 Å². The van der Waals surface area contributed by atoms with Gasteiger partial charge in [0.1, 0.15) is 5.75 Å². The van der Waals surface area contributed by atoms with E-state index in [4.69, 9.17) is 9.47 Å². The minimum atomic E-state index is -3.90. The molecule has 2 aliphatic rings. The van der Waals surface area contributed by atoms with E-state index in [2.05, 4.69) is 20.3 Å². The van der Waals surface area contributed by atoms with Crippen LogP contribution in [0.15, 0.2) is 27.9 Å². The Morgan fingerprint density at radius 1 is 1.08 bits per heavy atom. The molecular formula is C24H31N7O6S. The largest absolute Gasteiger partial charge is 0.493 e. The standard InChI is InChI=1S/C24H31N7O6S/c1-3-36-19-10-9-17(38(34,35)30-13-11-29(12-14-30)24(33)37-4-2)15-18(19)20-25-23(32)22-27-26-21(31(22)28-20)16-7-5-6-8-16/h9-10,15-16H,3-8,11-14H2,1-2H3,(H,25,28,32). The van der Waals surface area contributed by atoms with Gasteiger partial charge in [0.05, 0.1) is 23.7 Å². The van der Waals surface area contributed by atoms with Crippen LogP contribution in [0.2, 0.25) is 0 Å². The van der Waals surface area contributed by atoms with Gasteiger partial charge < -0.3 is 19.4 Å². The number of ether oxygens (including phenoxy) is 2. The van der Waals surface area contributed by atoms with E-state index in [0.717, 1.165) is 25.7 Å². The SMILES string of the molecule is CCOC(=O)N1CCN(S(=O)(=O)c2ccc(OCC)c(-c3nn4c(C5CCCC5)nnc4c(=O)[nH]3)c2)CC1. The minimum Gasteiger partial charge on any atom is -0.493 e. The van der Waals surface area contributed by atoms with Crippen molar-refractivity contribution in [2.24, 2.45) is 0 Å². The highest BCUT2D eigenvalue weighted by Gasteiger charge is 2.32. The summed E-state index contributed by atoms with van der Waals surface area (Å²) in [5.41, 5.74) is -0.0439. The molecule has 204 valence electrons. The monoisotopic (exact) mass is 545 g/mol. The van der Waals surface area contributed by atoms with E-state index >= 15 is 0 Å². The second-order valence-electron chi connectivity index (χ2n) is 9.26. The lowest BCUT2D eigenvalue weighted by atomic mass is 10.1. The zero-order valence-electron chi connectivity index (χ0n) is 21.4. The van der Waals surface area contributed by atoms with Crippen molar-refractivity contribution in [1.29, 1.82) is 0 Å². The van der Waals surface area contributed by atoms with Crippen LogP contribution in [0.4, 0.5) is 4.79 Å². The number of H-pyrrole nitrogens is 1. The van der Waals surface area contributed by atoms with Crippen LogP contribution in [0.3, 0.4) is 0 Å². The fourth-order valence-corrected chi connectivity index (χ4v) is 6.44. The van der Waals surface area contributed by atoms with E-state index in [1.807, 2.05) is 6.92 Å². The van der Waals surface area contributed by atoms with Crippen LogP contribution in [0.25, 0.3) is 17.0 Å². The molecule has 1 aliphatic carbocycles. The number of nitrogens with zero attached hydrogens (tertiary/aromatic N) is 6. The zero-order chi connectivity index (χ0) is 26.9. The second-order valence-corrected chi connectivity index (χ2v) is 11.2. The van der Waals surface area contributed by atoms with Crippen LogP contribution >= 0.6 is 0 Å². The molecule has 14 heteroatoms. The molecule has 1 aromatic carbocycles. The van der Waals surface area contributed by atoms with Gasteiger partial charge in [0.2, 0.25) is 15.7 Å². The Hall–Kier alpha value is -3.52. The van der Waals surface area contributed by atoms with Gasteiger partial charge in [-0.2, -0.15) is 8.82 Å². The number of carbonyl (C=O) groups is 1. The number of carbonyl (C=O) groups excluding carboxylic acids is 1. The first-order valence-corrected chi connectivity index (χ1v) is 14.3. The zero-order valence-corrected chi connectivity index (χ0v) is 22.2. The Morgan fingerprint density at radius 3 is 2.50 bits per heavy atom. The van der Waals surface area contributed by atoms with Crippen molar-refractivity contribution in [3.8, 4) is 17.1 Å². The topological polar surface area (TPSA) is 152 Å². The van der Waals surface area contributed by atoms with Crippen molar-refractivity contribution in [3.05, 3.63) is 34.4 Å². The molecule has 1 amide bonds. The molecule has 13 nitrogen and oxygen atoms in total. The number of hydrogen-bond acceptors (Lipinski definition) is 9. The van der Waals surface area contributed by atoms with E-state index in [1.165, 1.54) is 25.9 Å². The molecule has 3 aromatic rings. The average Bonchev–Trinajstić information content (AvgIpc) is 3.59. The molecule has 1 saturated carbocycles. The third-order valence-electron chi connectivity index (χ3n) is 6.93. The molecule has 0 radical (unpaired) electrons. The summed E-state index contributed by atoms with van der Waals surface area (Å²) in [7, 11) is -3.90. The van der Waals surface area contributed by atoms with Crippen LogP contribution in [0, 0.1) is 0 Å². The van der Waals surface area contributed by atoms with Gasteiger partial charge in [0.15, 0.2) is 11.6 Å². The van der Waals surface area contributed by atoms with Crippen molar-refractivity contribution in [1.82, 2.24) is 34.0 Å². The smallest absolute Gasteiger partial charge is 0.409 e. The van der Waals surface area contributed by atoms with Gasteiger partial charge in [-0.15, -0.1) is 15.3 Å². The Morgan fingerprint density at radius 2 is 1.82 bits per heavy atom. The quantitative estimate of drug-likeness (QED) is 0.470. The number of nitrogens with one attached hydrogen (secondary N) is 1. The Kier molecular flexibility index (Phi) is 7.34. The molecule has 1 N–H and O–H groups in total. The molecule has 2 fully saturated rings. The minimum absolute atomic E-state index is 0.0306. The van der Waals surface area contributed by atoms with Gasteiger partial charge in [-0.1, -0.05) is 12.8 Å². The van der Waals surface area contributed by atoms with Crippen LogP contribution in [0.5, 0.6) is 5.75 Å². The van der Waals surface area contributed by atoms with Gasteiger partial charge in [-0.3, -0.25) is 4.79 Å². The third-order valence-corrected chi connectivity index (χ3v) is 8.82. The number of benzene rings is 1. The predicted octanol–water partition coefficient (Wildman–Crippen LogP) is 2.00. The summed E-state index contributed by atoms with van der Waals surface area (Å²) in [6.07, 6.45) is 3.61. The van der Waals surface area contributed by atoms with E-state index in [1.54, 1.807) is 13.0 Å². The molecule has 0 spiro atoms. The van der Waals surface area contributed by atoms with Crippen LogP contribution in [-0.2, 0) is 14.8 Å². The summed E-state index contributed by atoms with van der Waals surface area (Å²) in [5.74, 6) is 1.34. The lowest BCUT2D eigenvalue weighted by molar-refractivity contribution is 0.0934. The summed E-state index contributed by atoms with van der Waals surface area (Å²) in [6, 6.07) is 4.50. The molecule has 38 heavy (non-hydrogen) atoms. The molecule has 1 saturated heterocycles. The van der Waals surface area contributed by atoms with Crippen LogP contribution in [-0.4, -0.2) is 87.9 Å². The lowest BCUT2D eigenvalue weighted by Gasteiger charge is -2.33. The van der Waals surface area contributed by atoms with Crippen molar-refractivity contribution in [2.75, 3.05) is 39.4 Å². The summed E-state index contributed by atoms with van der Waals surface area (Å²) >= 11 is 0. The number of aromatic amines is 1. The highest BCUT2D eigenvalue weighted by Crippen LogP contribution is 2.34. The highest BCUT2D eigenvalue weighted by molar-refractivity contribution is 7.89. The summed E-state index contributed by atoms with van der Waals surface area (Å²) in [4.78, 5) is 29.2. The number of amides is 1. The van der Waals surface area contributed by atoms with Crippen molar-refractivity contribution in [2.45, 2.75) is 50.3 Å². The highest BCUT2D eigenvalue weighted by atomic mass is 32.2. The van der Waals surface area contributed by atoms with Gasteiger partial charge in [0.25, 0.3) is 5.56 Å². The third kappa shape index (κ3) is 4.85. The normalized spacial score (nSPS) is 17.3. The summed E-state index contributed by atoms with van der Waals surface area (Å²) in [6.45, 7) is 4.85. The van der Waals surface area contributed by atoms with Crippen molar-refractivity contribution < 1.29 is 22.7 Å².